The van der Waals surface area contributed by atoms with Crippen LogP contribution in [0.1, 0.15) is 34.7 Å². The van der Waals surface area contributed by atoms with Gasteiger partial charge in [0, 0.05) is 37.4 Å². The molecule has 0 unspecified atom stereocenters. The highest BCUT2D eigenvalue weighted by molar-refractivity contribution is 5.93. The first-order valence-electron chi connectivity index (χ1n) is 8.34. The number of ether oxygens (including phenoxy) is 1. The van der Waals surface area contributed by atoms with Gasteiger partial charge < -0.3 is 15.0 Å². The molecule has 128 valence electrons. The number of para-hydroxylation sites is 1. The molecular weight excluding hydrogens is 304 g/mol. The Hall–Kier alpha value is -2.34. The first-order valence-corrected chi connectivity index (χ1v) is 8.34. The number of rotatable bonds is 4. The van der Waals surface area contributed by atoms with Crippen LogP contribution in [0.15, 0.2) is 30.3 Å². The van der Waals surface area contributed by atoms with Gasteiger partial charge in [-0.2, -0.15) is 5.10 Å². The van der Waals surface area contributed by atoms with Crippen molar-refractivity contribution >= 4 is 5.91 Å². The lowest BCUT2D eigenvalue weighted by molar-refractivity contribution is 0.0624. The maximum atomic E-state index is 13.0. The van der Waals surface area contributed by atoms with E-state index in [1.807, 2.05) is 53.8 Å². The van der Waals surface area contributed by atoms with Gasteiger partial charge >= 0.3 is 0 Å². The molecular formula is C18H24N4O2. The fourth-order valence-electron chi connectivity index (χ4n) is 3.25. The third-order valence-corrected chi connectivity index (χ3v) is 4.50. The molecule has 0 aliphatic carbocycles. The number of aromatic nitrogens is 2. The standard InChI is InChI=1S/C18H24N4O2/c1-4-22-13(2)11-15(20-22)18(23)21-10-9-19-12-16(21)14-7-5-6-8-17(14)24-3/h5-8,11,16,19H,4,9-10,12H2,1-3H3/t16-/m0/s1. The second kappa shape index (κ2) is 7.05. The number of aryl methyl sites for hydroxylation is 2. The average Bonchev–Trinajstić information content (AvgIpc) is 3.02. The van der Waals surface area contributed by atoms with E-state index in [1.165, 1.54) is 0 Å². The van der Waals surface area contributed by atoms with Gasteiger partial charge in [-0.1, -0.05) is 18.2 Å². The Morgan fingerprint density at radius 1 is 1.42 bits per heavy atom. The van der Waals surface area contributed by atoms with Crippen molar-refractivity contribution in [3.8, 4) is 5.75 Å². The zero-order valence-corrected chi connectivity index (χ0v) is 14.5. The summed E-state index contributed by atoms with van der Waals surface area (Å²) in [5, 5.41) is 7.82. The van der Waals surface area contributed by atoms with Crippen molar-refractivity contribution in [3.05, 3.63) is 47.3 Å². The Kier molecular flexibility index (Phi) is 4.85. The minimum atomic E-state index is -0.0607. The Balaban J connectivity index is 1.93. The first kappa shape index (κ1) is 16.5. The van der Waals surface area contributed by atoms with Crippen LogP contribution < -0.4 is 10.1 Å². The van der Waals surface area contributed by atoms with Crippen molar-refractivity contribution in [1.29, 1.82) is 0 Å². The van der Waals surface area contributed by atoms with Crippen molar-refractivity contribution in [2.75, 3.05) is 26.7 Å². The van der Waals surface area contributed by atoms with Crippen LogP contribution in [0.5, 0.6) is 5.75 Å². The number of carbonyl (C=O) groups is 1. The third kappa shape index (κ3) is 3.01. The lowest BCUT2D eigenvalue weighted by Gasteiger charge is -2.36. The van der Waals surface area contributed by atoms with Gasteiger partial charge in [-0.05, 0) is 26.0 Å². The summed E-state index contributed by atoms with van der Waals surface area (Å²) in [5.41, 5.74) is 2.54. The fraction of sp³-hybridized carbons (Fsp3) is 0.444. The molecule has 1 N–H and O–H groups in total. The van der Waals surface area contributed by atoms with Crippen molar-refractivity contribution in [2.45, 2.75) is 26.4 Å². The van der Waals surface area contributed by atoms with Crippen LogP contribution in [0.4, 0.5) is 0 Å². The van der Waals surface area contributed by atoms with Crippen molar-refractivity contribution in [3.63, 3.8) is 0 Å². The van der Waals surface area contributed by atoms with E-state index in [0.717, 1.165) is 30.1 Å². The van der Waals surface area contributed by atoms with E-state index in [1.54, 1.807) is 7.11 Å². The molecule has 1 aromatic carbocycles. The van der Waals surface area contributed by atoms with E-state index in [0.29, 0.717) is 18.8 Å². The average molecular weight is 328 g/mol. The topological polar surface area (TPSA) is 59.4 Å². The highest BCUT2D eigenvalue weighted by Gasteiger charge is 2.31. The SMILES string of the molecule is CCn1nc(C(=O)N2CCNC[C@H]2c2ccccc2OC)cc1C. The molecule has 1 atom stereocenters. The predicted octanol–water partition coefficient (Wildman–Crippen LogP) is 2.01. The number of amides is 1. The normalized spacial score (nSPS) is 17.8. The molecule has 6 heteroatoms. The Labute approximate surface area is 142 Å². The molecule has 0 saturated carbocycles. The van der Waals surface area contributed by atoms with Gasteiger partial charge in [-0.3, -0.25) is 9.48 Å². The number of carbonyl (C=O) groups excluding carboxylic acids is 1. The van der Waals surface area contributed by atoms with E-state index < -0.39 is 0 Å². The largest absolute Gasteiger partial charge is 0.496 e. The zero-order chi connectivity index (χ0) is 17.1. The molecule has 3 rings (SSSR count). The zero-order valence-electron chi connectivity index (χ0n) is 14.5. The van der Waals surface area contributed by atoms with Crippen LogP contribution in [0, 0.1) is 6.92 Å². The van der Waals surface area contributed by atoms with Gasteiger partial charge in [0.15, 0.2) is 5.69 Å². The molecule has 2 aromatic rings. The van der Waals surface area contributed by atoms with Crippen molar-refractivity contribution in [1.82, 2.24) is 20.0 Å². The highest BCUT2D eigenvalue weighted by Crippen LogP contribution is 2.31. The molecule has 0 radical (unpaired) electrons. The molecule has 2 heterocycles. The number of methoxy groups -OCH3 is 1. The van der Waals surface area contributed by atoms with Gasteiger partial charge in [-0.15, -0.1) is 0 Å². The Morgan fingerprint density at radius 3 is 2.92 bits per heavy atom. The van der Waals surface area contributed by atoms with Crippen LogP contribution in [-0.2, 0) is 6.54 Å². The first-order chi connectivity index (χ1) is 11.7. The van der Waals surface area contributed by atoms with Crippen LogP contribution in [-0.4, -0.2) is 47.3 Å². The highest BCUT2D eigenvalue weighted by atomic mass is 16.5. The number of nitrogens with one attached hydrogen (secondary N) is 1. The molecule has 0 bridgehead atoms. The quantitative estimate of drug-likeness (QED) is 0.933. The summed E-state index contributed by atoms with van der Waals surface area (Å²) in [4.78, 5) is 14.9. The summed E-state index contributed by atoms with van der Waals surface area (Å²) in [5.74, 6) is 0.780. The lowest BCUT2D eigenvalue weighted by atomic mass is 10.0. The number of nitrogens with zero attached hydrogens (tertiary/aromatic N) is 3. The molecule has 24 heavy (non-hydrogen) atoms. The van der Waals surface area contributed by atoms with E-state index in [9.17, 15) is 4.79 Å². The summed E-state index contributed by atoms with van der Waals surface area (Å²) >= 11 is 0. The fourth-order valence-corrected chi connectivity index (χ4v) is 3.25. The van der Waals surface area contributed by atoms with Crippen LogP contribution in [0.3, 0.4) is 0 Å². The predicted molar refractivity (Wildman–Crippen MR) is 92.3 cm³/mol. The van der Waals surface area contributed by atoms with Gasteiger partial charge in [0.2, 0.25) is 0 Å². The summed E-state index contributed by atoms with van der Waals surface area (Å²) < 4.78 is 7.34. The third-order valence-electron chi connectivity index (χ3n) is 4.50. The summed E-state index contributed by atoms with van der Waals surface area (Å²) in [6, 6.07) is 9.68. The summed E-state index contributed by atoms with van der Waals surface area (Å²) in [6.07, 6.45) is 0. The number of benzene rings is 1. The van der Waals surface area contributed by atoms with Gasteiger partial charge in [0.25, 0.3) is 5.91 Å². The van der Waals surface area contributed by atoms with E-state index in [-0.39, 0.29) is 11.9 Å². The van der Waals surface area contributed by atoms with Gasteiger partial charge in [-0.25, -0.2) is 0 Å². The second-order valence-electron chi connectivity index (χ2n) is 5.95. The smallest absolute Gasteiger partial charge is 0.274 e. The maximum Gasteiger partial charge on any atom is 0.274 e. The molecule has 1 amide bonds. The van der Waals surface area contributed by atoms with Crippen molar-refractivity contribution in [2.24, 2.45) is 0 Å². The number of piperazine rings is 1. The summed E-state index contributed by atoms with van der Waals surface area (Å²) in [7, 11) is 1.66. The minimum absolute atomic E-state index is 0.0253. The van der Waals surface area contributed by atoms with Crippen LogP contribution in [0.2, 0.25) is 0 Å². The number of hydrogen-bond donors (Lipinski definition) is 1. The molecule has 1 saturated heterocycles. The Bertz CT molecular complexity index is 726. The molecule has 1 aliphatic rings. The van der Waals surface area contributed by atoms with E-state index >= 15 is 0 Å². The van der Waals surface area contributed by atoms with Gasteiger partial charge in [0.05, 0.1) is 13.2 Å². The van der Waals surface area contributed by atoms with Crippen LogP contribution >= 0.6 is 0 Å². The Morgan fingerprint density at radius 2 is 2.21 bits per heavy atom. The maximum absolute atomic E-state index is 13.0. The monoisotopic (exact) mass is 328 g/mol. The van der Waals surface area contributed by atoms with E-state index in [2.05, 4.69) is 10.4 Å². The molecule has 1 aliphatic heterocycles. The minimum Gasteiger partial charge on any atom is -0.496 e. The van der Waals surface area contributed by atoms with Crippen molar-refractivity contribution < 1.29 is 9.53 Å². The van der Waals surface area contributed by atoms with E-state index in [4.69, 9.17) is 4.74 Å². The van der Waals surface area contributed by atoms with Crippen LogP contribution in [0.25, 0.3) is 0 Å². The molecule has 6 nitrogen and oxygen atoms in total. The molecule has 1 fully saturated rings. The molecule has 1 aromatic heterocycles. The summed E-state index contributed by atoms with van der Waals surface area (Å²) in [6.45, 7) is 6.90. The van der Waals surface area contributed by atoms with Gasteiger partial charge in [0.1, 0.15) is 5.75 Å². The second-order valence-corrected chi connectivity index (χ2v) is 5.95. The number of hydrogen-bond acceptors (Lipinski definition) is 4. The lowest BCUT2D eigenvalue weighted by Crippen LogP contribution is -2.48. The molecule has 0 spiro atoms.